The van der Waals surface area contributed by atoms with Crippen molar-refractivity contribution >= 4 is 21.6 Å². The van der Waals surface area contributed by atoms with E-state index >= 15 is 0 Å². The first-order chi connectivity index (χ1) is 8.25. The second kappa shape index (κ2) is 3.92. The number of hydrogen-bond acceptors (Lipinski definition) is 3. The molecule has 3 aromatic rings. The molecule has 0 amide bonds. The first-order valence-corrected chi connectivity index (χ1v) is 5.97. The molecule has 3 rings (SSSR count). The van der Waals surface area contributed by atoms with Crippen LogP contribution in [0.4, 0.5) is 0 Å². The summed E-state index contributed by atoms with van der Waals surface area (Å²) >= 11 is 3.48. The maximum atomic E-state index is 4.53. The summed E-state index contributed by atoms with van der Waals surface area (Å²) in [5, 5.41) is 4.53. The average Bonchev–Trinajstić information content (AvgIpc) is 2.66. The number of hydrogen-bond donors (Lipinski definition) is 0. The molecule has 17 heavy (non-hydrogen) atoms. The van der Waals surface area contributed by atoms with Crippen LogP contribution in [0.25, 0.3) is 16.9 Å². The van der Waals surface area contributed by atoms with E-state index in [1.54, 1.807) is 16.9 Å². The topological polar surface area (TPSA) is 43.1 Å². The van der Waals surface area contributed by atoms with Gasteiger partial charge in [0.2, 0.25) is 0 Å². The Morgan fingerprint density at radius 2 is 2.12 bits per heavy atom. The molecule has 0 fully saturated rings. The highest BCUT2D eigenvalue weighted by atomic mass is 79.9. The van der Waals surface area contributed by atoms with E-state index in [1.807, 2.05) is 31.2 Å². The van der Waals surface area contributed by atoms with Crippen LogP contribution < -0.4 is 0 Å². The zero-order chi connectivity index (χ0) is 11.8. The number of aromatic nitrogens is 4. The van der Waals surface area contributed by atoms with Crippen LogP contribution in [0, 0.1) is 6.92 Å². The first kappa shape index (κ1) is 10.4. The molecule has 0 atom stereocenters. The summed E-state index contributed by atoms with van der Waals surface area (Å²) < 4.78 is 2.68. The van der Waals surface area contributed by atoms with Gasteiger partial charge in [-0.15, -0.1) is 0 Å². The highest BCUT2D eigenvalue weighted by Crippen LogP contribution is 2.20. The molecule has 0 bridgehead atoms. The van der Waals surface area contributed by atoms with Crippen molar-refractivity contribution in [2.24, 2.45) is 0 Å². The molecule has 0 saturated carbocycles. The zero-order valence-electron chi connectivity index (χ0n) is 9.13. The van der Waals surface area contributed by atoms with Gasteiger partial charge in [-0.05, 0) is 47.1 Å². The third kappa shape index (κ3) is 1.72. The quantitative estimate of drug-likeness (QED) is 0.692. The van der Waals surface area contributed by atoms with Crippen LogP contribution in [0.2, 0.25) is 0 Å². The second-order valence-corrected chi connectivity index (χ2v) is 4.47. The summed E-state index contributed by atoms with van der Waals surface area (Å²) in [5.41, 5.74) is 3.64. The largest absolute Gasteiger partial charge is 0.264 e. The van der Waals surface area contributed by atoms with E-state index in [-0.39, 0.29) is 0 Å². The Hall–Kier alpha value is -1.75. The van der Waals surface area contributed by atoms with Crippen molar-refractivity contribution in [3.8, 4) is 11.3 Å². The van der Waals surface area contributed by atoms with E-state index in [1.165, 1.54) is 0 Å². The van der Waals surface area contributed by atoms with E-state index in [9.17, 15) is 0 Å². The normalized spacial score (nSPS) is 10.9. The van der Waals surface area contributed by atoms with Crippen molar-refractivity contribution in [1.82, 2.24) is 19.6 Å². The van der Waals surface area contributed by atoms with Crippen LogP contribution in [0.3, 0.4) is 0 Å². The molecule has 0 aliphatic heterocycles. The van der Waals surface area contributed by atoms with Gasteiger partial charge in [0.15, 0.2) is 5.65 Å². The van der Waals surface area contributed by atoms with Crippen LogP contribution in [0.15, 0.2) is 41.3 Å². The Balaban J connectivity index is 2.23. The zero-order valence-corrected chi connectivity index (χ0v) is 10.7. The van der Waals surface area contributed by atoms with Crippen LogP contribution in [-0.2, 0) is 0 Å². The molecule has 0 aliphatic carbocycles. The van der Waals surface area contributed by atoms with Gasteiger partial charge >= 0.3 is 0 Å². The lowest BCUT2D eigenvalue weighted by molar-refractivity contribution is 0.918. The number of aryl methyl sites for hydroxylation is 1. The Bertz CT molecular complexity index is 676. The lowest BCUT2D eigenvalue weighted by atomic mass is 10.2. The molecule has 0 aromatic carbocycles. The highest BCUT2D eigenvalue weighted by Gasteiger charge is 2.08. The van der Waals surface area contributed by atoms with Gasteiger partial charge in [-0.1, -0.05) is 0 Å². The van der Waals surface area contributed by atoms with Crippen molar-refractivity contribution in [2.45, 2.75) is 6.92 Å². The Morgan fingerprint density at radius 3 is 2.88 bits per heavy atom. The van der Waals surface area contributed by atoms with Crippen LogP contribution in [0.1, 0.15) is 5.69 Å². The van der Waals surface area contributed by atoms with Crippen molar-refractivity contribution in [1.29, 1.82) is 0 Å². The second-order valence-electron chi connectivity index (χ2n) is 3.72. The van der Waals surface area contributed by atoms with Gasteiger partial charge in [-0.3, -0.25) is 4.98 Å². The lowest BCUT2D eigenvalue weighted by Gasteiger charge is -2.01. The number of rotatable bonds is 1. The summed E-state index contributed by atoms with van der Waals surface area (Å²) in [6.45, 7) is 1.95. The van der Waals surface area contributed by atoms with E-state index in [2.05, 4.69) is 31.0 Å². The van der Waals surface area contributed by atoms with Crippen LogP contribution in [0.5, 0.6) is 0 Å². The van der Waals surface area contributed by atoms with Crippen LogP contribution in [-0.4, -0.2) is 19.6 Å². The Kier molecular flexibility index (Phi) is 2.40. The first-order valence-electron chi connectivity index (χ1n) is 5.18. The molecule has 3 heterocycles. The lowest BCUT2D eigenvalue weighted by Crippen LogP contribution is -1.94. The number of imidazole rings is 1. The molecule has 0 aliphatic rings. The third-order valence-corrected chi connectivity index (χ3v) is 3.45. The van der Waals surface area contributed by atoms with Crippen LogP contribution >= 0.6 is 15.9 Å². The minimum atomic E-state index is 0.835. The summed E-state index contributed by atoms with van der Waals surface area (Å²) in [4.78, 5) is 8.48. The molecule has 4 nitrogen and oxygen atoms in total. The predicted octanol–water partition coefficient (Wildman–Crippen LogP) is 2.86. The number of halogens is 1. The number of fused-ring (bicyclic) bond motifs is 1. The molecular weight excluding hydrogens is 280 g/mol. The predicted molar refractivity (Wildman–Crippen MR) is 68.7 cm³/mol. The van der Waals surface area contributed by atoms with Gasteiger partial charge in [-0.2, -0.15) is 5.10 Å². The number of nitrogens with zero attached hydrogens (tertiary/aromatic N) is 4. The van der Waals surface area contributed by atoms with Gasteiger partial charge in [0.05, 0.1) is 11.4 Å². The van der Waals surface area contributed by atoms with Crippen molar-refractivity contribution in [2.75, 3.05) is 0 Å². The Labute approximate surface area is 106 Å². The summed E-state index contributed by atoms with van der Waals surface area (Å²) in [5.74, 6) is 0. The van der Waals surface area contributed by atoms with Gasteiger partial charge in [0.1, 0.15) is 4.60 Å². The van der Waals surface area contributed by atoms with E-state index in [0.29, 0.717) is 0 Å². The van der Waals surface area contributed by atoms with Crippen molar-refractivity contribution < 1.29 is 0 Å². The molecule has 0 N–H and O–H groups in total. The molecule has 3 aromatic heterocycles. The molecule has 0 saturated heterocycles. The smallest absolute Gasteiger partial charge is 0.155 e. The molecule has 5 heteroatoms. The van der Waals surface area contributed by atoms with E-state index in [0.717, 1.165) is 27.2 Å². The fraction of sp³-hybridized carbons (Fsp3) is 0.0833. The van der Waals surface area contributed by atoms with E-state index in [4.69, 9.17) is 0 Å². The maximum absolute atomic E-state index is 4.53. The third-order valence-electron chi connectivity index (χ3n) is 2.54. The standard InChI is InChI=1S/C12H9BrN4/c1-8-12(13)17-11(15-8)5-4-10(16-17)9-3-2-6-14-7-9/h2-7H,1H3. The fourth-order valence-corrected chi connectivity index (χ4v) is 2.03. The maximum Gasteiger partial charge on any atom is 0.155 e. The minimum Gasteiger partial charge on any atom is -0.264 e. The summed E-state index contributed by atoms with van der Waals surface area (Å²) in [7, 11) is 0. The molecule has 0 spiro atoms. The highest BCUT2D eigenvalue weighted by molar-refractivity contribution is 9.10. The van der Waals surface area contributed by atoms with Gasteiger partial charge < -0.3 is 0 Å². The van der Waals surface area contributed by atoms with Crippen molar-refractivity contribution in [3.05, 3.63) is 47.0 Å². The van der Waals surface area contributed by atoms with Gasteiger partial charge in [0.25, 0.3) is 0 Å². The number of pyridine rings is 1. The fourth-order valence-electron chi connectivity index (χ4n) is 1.68. The summed E-state index contributed by atoms with van der Waals surface area (Å²) in [6.07, 6.45) is 3.55. The van der Waals surface area contributed by atoms with Crippen molar-refractivity contribution in [3.63, 3.8) is 0 Å². The minimum absolute atomic E-state index is 0.835. The van der Waals surface area contributed by atoms with Gasteiger partial charge in [-0.25, -0.2) is 9.50 Å². The van der Waals surface area contributed by atoms with E-state index < -0.39 is 0 Å². The SMILES string of the molecule is Cc1nc2ccc(-c3cccnc3)nn2c1Br. The van der Waals surface area contributed by atoms with Gasteiger partial charge in [0, 0.05) is 18.0 Å². The molecule has 84 valence electrons. The monoisotopic (exact) mass is 288 g/mol. The summed E-state index contributed by atoms with van der Waals surface area (Å²) in [6, 6.07) is 7.78. The molecular formula is C12H9BrN4. The average molecular weight is 289 g/mol. The Morgan fingerprint density at radius 1 is 1.24 bits per heavy atom. The molecule has 0 unspecified atom stereocenters. The molecule has 0 radical (unpaired) electrons.